The minimum Gasteiger partial charge on any atom is -0.360 e. The number of hydrogen-bond acceptors (Lipinski definition) is 2. The van der Waals surface area contributed by atoms with Gasteiger partial charge < -0.3 is 14.9 Å². The van der Waals surface area contributed by atoms with Crippen LogP contribution in [0.25, 0.3) is 21.9 Å². The number of H-pyrrole nitrogens is 1. The van der Waals surface area contributed by atoms with Crippen LogP contribution >= 0.6 is 0 Å². The molecule has 3 heterocycles. The van der Waals surface area contributed by atoms with Gasteiger partial charge in [-0.3, -0.25) is 4.79 Å². The van der Waals surface area contributed by atoms with E-state index in [0.29, 0.717) is 12.1 Å². The molecule has 120 valence electrons. The molecule has 0 saturated carbocycles. The standard InChI is InChI=1S/C19H18N4O/c24-19(16-13-22-17-7-2-1-6-15(16)17)21-10-4-11-23-12-8-14-5-3-9-20-18(14)23/h1-3,5-9,12-13,22H,4,10-11H2,(H,21,24). The maximum absolute atomic E-state index is 12.3. The van der Waals surface area contributed by atoms with Crippen LogP contribution in [0.15, 0.2) is 61.1 Å². The summed E-state index contributed by atoms with van der Waals surface area (Å²) in [5.74, 6) is -0.0389. The molecule has 0 aliphatic heterocycles. The van der Waals surface area contributed by atoms with Crippen molar-refractivity contribution in [2.45, 2.75) is 13.0 Å². The third kappa shape index (κ3) is 2.65. The van der Waals surface area contributed by atoms with Crippen LogP contribution in [0.1, 0.15) is 16.8 Å². The highest BCUT2D eigenvalue weighted by atomic mass is 16.1. The first-order chi connectivity index (χ1) is 11.8. The fourth-order valence-corrected chi connectivity index (χ4v) is 3.01. The highest BCUT2D eigenvalue weighted by molar-refractivity contribution is 6.06. The van der Waals surface area contributed by atoms with Gasteiger partial charge in [0, 0.05) is 48.0 Å². The molecule has 0 fully saturated rings. The summed E-state index contributed by atoms with van der Waals surface area (Å²) in [5, 5.41) is 5.09. The van der Waals surface area contributed by atoms with Crippen LogP contribution in [0.5, 0.6) is 0 Å². The highest BCUT2D eigenvalue weighted by Crippen LogP contribution is 2.17. The molecule has 1 aromatic carbocycles. The molecule has 0 spiro atoms. The van der Waals surface area contributed by atoms with Crippen molar-refractivity contribution in [1.29, 1.82) is 0 Å². The Hall–Kier alpha value is -3.08. The lowest BCUT2D eigenvalue weighted by molar-refractivity contribution is 0.0954. The monoisotopic (exact) mass is 318 g/mol. The Morgan fingerprint density at radius 3 is 3.04 bits per heavy atom. The van der Waals surface area contributed by atoms with E-state index in [0.717, 1.165) is 34.9 Å². The quantitative estimate of drug-likeness (QED) is 0.554. The predicted molar refractivity (Wildman–Crippen MR) is 95.0 cm³/mol. The summed E-state index contributed by atoms with van der Waals surface area (Å²) in [7, 11) is 0. The lowest BCUT2D eigenvalue weighted by Gasteiger charge is -2.06. The Bertz CT molecular complexity index is 999. The van der Waals surface area contributed by atoms with Gasteiger partial charge in [-0.25, -0.2) is 4.98 Å². The third-order valence-corrected chi connectivity index (χ3v) is 4.22. The molecule has 0 bridgehead atoms. The molecule has 0 aliphatic carbocycles. The van der Waals surface area contributed by atoms with Gasteiger partial charge in [0.1, 0.15) is 5.65 Å². The van der Waals surface area contributed by atoms with Gasteiger partial charge in [0.2, 0.25) is 0 Å². The average molecular weight is 318 g/mol. The number of nitrogens with zero attached hydrogens (tertiary/aromatic N) is 2. The van der Waals surface area contributed by atoms with Crippen molar-refractivity contribution < 1.29 is 4.79 Å². The van der Waals surface area contributed by atoms with Crippen LogP contribution in [0.2, 0.25) is 0 Å². The van der Waals surface area contributed by atoms with Gasteiger partial charge in [-0.05, 0) is 30.7 Å². The smallest absolute Gasteiger partial charge is 0.253 e. The average Bonchev–Trinajstić information content (AvgIpc) is 3.23. The topological polar surface area (TPSA) is 62.7 Å². The second-order valence-corrected chi connectivity index (χ2v) is 5.78. The Balaban J connectivity index is 1.36. The molecule has 0 aliphatic rings. The number of hydrogen-bond donors (Lipinski definition) is 2. The number of benzene rings is 1. The minimum atomic E-state index is -0.0389. The number of fused-ring (bicyclic) bond motifs is 2. The largest absolute Gasteiger partial charge is 0.360 e. The van der Waals surface area contributed by atoms with Crippen LogP contribution in [-0.4, -0.2) is 27.0 Å². The van der Waals surface area contributed by atoms with Crippen molar-refractivity contribution in [3.63, 3.8) is 0 Å². The van der Waals surface area contributed by atoms with Crippen molar-refractivity contribution in [3.05, 3.63) is 66.6 Å². The molecular formula is C19H18N4O. The van der Waals surface area contributed by atoms with E-state index in [2.05, 4.69) is 32.0 Å². The van der Waals surface area contributed by atoms with E-state index in [1.54, 1.807) is 12.4 Å². The summed E-state index contributed by atoms with van der Waals surface area (Å²) >= 11 is 0. The Labute approximate surface area is 139 Å². The molecule has 0 unspecified atom stereocenters. The molecule has 4 aromatic rings. The van der Waals surface area contributed by atoms with E-state index in [-0.39, 0.29) is 5.91 Å². The molecule has 4 rings (SSSR count). The molecule has 0 saturated heterocycles. The molecule has 2 N–H and O–H groups in total. The number of nitrogens with one attached hydrogen (secondary N) is 2. The van der Waals surface area contributed by atoms with E-state index in [1.165, 1.54) is 0 Å². The SMILES string of the molecule is O=C(NCCCn1ccc2cccnc21)c1c[nH]c2ccccc12. The van der Waals surface area contributed by atoms with Gasteiger partial charge in [-0.15, -0.1) is 0 Å². The maximum atomic E-state index is 12.3. The van der Waals surface area contributed by atoms with Crippen LogP contribution in [-0.2, 0) is 6.54 Å². The summed E-state index contributed by atoms with van der Waals surface area (Å²) in [6.45, 7) is 1.46. The maximum Gasteiger partial charge on any atom is 0.253 e. The first-order valence-corrected chi connectivity index (χ1v) is 8.07. The summed E-state index contributed by atoms with van der Waals surface area (Å²) in [5.41, 5.74) is 2.66. The van der Waals surface area contributed by atoms with Crippen molar-refractivity contribution in [1.82, 2.24) is 19.9 Å². The summed E-state index contributed by atoms with van der Waals surface area (Å²) in [6, 6.07) is 13.9. The minimum absolute atomic E-state index is 0.0389. The number of pyridine rings is 1. The van der Waals surface area contributed by atoms with Gasteiger partial charge in [0.15, 0.2) is 0 Å². The van der Waals surface area contributed by atoms with E-state index >= 15 is 0 Å². The van der Waals surface area contributed by atoms with E-state index in [4.69, 9.17) is 0 Å². The fraction of sp³-hybridized carbons (Fsp3) is 0.158. The summed E-state index contributed by atoms with van der Waals surface area (Å²) in [6.07, 6.45) is 6.47. The van der Waals surface area contributed by atoms with Crippen molar-refractivity contribution in [2.24, 2.45) is 0 Å². The van der Waals surface area contributed by atoms with Crippen LogP contribution in [0.3, 0.4) is 0 Å². The first-order valence-electron chi connectivity index (χ1n) is 8.07. The number of aromatic nitrogens is 3. The molecule has 3 aromatic heterocycles. The zero-order valence-corrected chi connectivity index (χ0v) is 13.2. The zero-order chi connectivity index (χ0) is 16.4. The second kappa shape index (κ2) is 6.20. The number of carbonyl (C=O) groups excluding carboxylic acids is 1. The number of aryl methyl sites for hydroxylation is 1. The van der Waals surface area contributed by atoms with Gasteiger partial charge in [0.25, 0.3) is 5.91 Å². The number of carbonyl (C=O) groups is 1. The van der Waals surface area contributed by atoms with Crippen molar-refractivity contribution in [2.75, 3.05) is 6.54 Å². The van der Waals surface area contributed by atoms with Crippen LogP contribution < -0.4 is 5.32 Å². The zero-order valence-electron chi connectivity index (χ0n) is 13.2. The Kier molecular flexibility index (Phi) is 3.75. The van der Waals surface area contributed by atoms with E-state index < -0.39 is 0 Å². The second-order valence-electron chi connectivity index (χ2n) is 5.78. The molecule has 0 atom stereocenters. The number of para-hydroxylation sites is 1. The molecule has 1 amide bonds. The van der Waals surface area contributed by atoms with Crippen LogP contribution in [0, 0.1) is 0 Å². The summed E-state index contributed by atoms with van der Waals surface area (Å²) < 4.78 is 2.12. The molecule has 0 radical (unpaired) electrons. The highest BCUT2D eigenvalue weighted by Gasteiger charge is 2.10. The van der Waals surface area contributed by atoms with Gasteiger partial charge in [-0.1, -0.05) is 18.2 Å². The van der Waals surface area contributed by atoms with Crippen molar-refractivity contribution >= 4 is 27.8 Å². The van der Waals surface area contributed by atoms with Crippen LogP contribution in [0.4, 0.5) is 0 Å². The molecule has 5 nitrogen and oxygen atoms in total. The fourth-order valence-electron chi connectivity index (χ4n) is 3.01. The third-order valence-electron chi connectivity index (χ3n) is 4.22. The number of rotatable bonds is 5. The Morgan fingerprint density at radius 1 is 1.17 bits per heavy atom. The van der Waals surface area contributed by atoms with Gasteiger partial charge in [-0.2, -0.15) is 0 Å². The Morgan fingerprint density at radius 2 is 2.08 bits per heavy atom. The first kappa shape index (κ1) is 14.5. The summed E-state index contributed by atoms with van der Waals surface area (Å²) in [4.78, 5) is 19.9. The number of aromatic amines is 1. The predicted octanol–water partition coefficient (Wildman–Crippen LogP) is 3.34. The number of amides is 1. The van der Waals surface area contributed by atoms with E-state index in [9.17, 15) is 4.79 Å². The lowest BCUT2D eigenvalue weighted by Crippen LogP contribution is -2.25. The molecule has 5 heteroatoms. The molecular weight excluding hydrogens is 300 g/mol. The van der Waals surface area contributed by atoms with E-state index in [1.807, 2.05) is 36.5 Å². The molecule has 24 heavy (non-hydrogen) atoms. The normalized spacial score (nSPS) is 11.2. The van der Waals surface area contributed by atoms with Gasteiger partial charge in [0.05, 0.1) is 5.56 Å². The lowest BCUT2D eigenvalue weighted by atomic mass is 10.1. The van der Waals surface area contributed by atoms with Crippen molar-refractivity contribution in [3.8, 4) is 0 Å². The van der Waals surface area contributed by atoms with Gasteiger partial charge >= 0.3 is 0 Å².